The van der Waals surface area contributed by atoms with Crippen LogP contribution in [0.25, 0.3) is 17.0 Å². The molecule has 1 aliphatic rings. The molecule has 0 radical (unpaired) electrons. The van der Waals surface area contributed by atoms with Crippen LogP contribution in [0.5, 0.6) is 5.75 Å². The maximum Gasteiger partial charge on any atom is 0.327 e. The molecule has 182 valence electrons. The quantitative estimate of drug-likeness (QED) is 0.377. The summed E-state index contributed by atoms with van der Waals surface area (Å²) in [5.41, 5.74) is 1.62. The molecule has 5 rings (SSSR count). The van der Waals surface area contributed by atoms with Gasteiger partial charge >= 0.3 is 6.03 Å². The van der Waals surface area contributed by atoms with Crippen LogP contribution in [0.4, 0.5) is 23.7 Å². The van der Waals surface area contributed by atoms with E-state index >= 15 is 0 Å². The van der Waals surface area contributed by atoms with E-state index in [1.165, 1.54) is 25.3 Å². The lowest BCUT2D eigenvalue weighted by Gasteiger charge is -2.35. The molecular formula is C26H19F3N4O3. The fourth-order valence-electron chi connectivity index (χ4n) is 4.15. The van der Waals surface area contributed by atoms with Gasteiger partial charge in [-0.2, -0.15) is 4.98 Å². The molecule has 1 N–H and O–H groups in total. The first-order valence-corrected chi connectivity index (χ1v) is 10.9. The minimum absolute atomic E-state index is 0.0368. The predicted octanol–water partition coefficient (Wildman–Crippen LogP) is 5.86. The highest BCUT2D eigenvalue weighted by atomic mass is 19.1. The van der Waals surface area contributed by atoms with E-state index in [0.29, 0.717) is 28.5 Å². The summed E-state index contributed by atoms with van der Waals surface area (Å²) in [6.45, 7) is 1.58. The summed E-state index contributed by atoms with van der Waals surface area (Å²) in [4.78, 5) is 18.7. The third-order valence-electron chi connectivity index (χ3n) is 5.76. The van der Waals surface area contributed by atoms with Gasteiger partial charge in [0.15, 0.2) is 0 Å². The van der Waals surface area contributed by atoms with Crippen molar-refractivity contribution in [2.24, 2.45) is 0 Å². The van der Waals surface area contributed by atoms with Crippen LogP contribution in [0.2, 0.25) is 0 Å². The van der Waals surface area contributed by atoms with Gasteiger partial charge in [0, 0.05) is 17.3 Å². The molecule has 1 unspecified atom stereocenters. The second-order valence-electron chi connectivity index (χ2n) is 8.05. The van der Waals surface area contributed by atoms with Crippen molar-refractivity contribution >= 4 is 17.3 Å². The zero-order valence-electron chi connectivity index (χ0n) is 19.1. The Balaban J connectivity index is 1.67. The number of halogens is 3. The van der Waals surface area contributed by atoms with Crippen molar-refractivity contribution in [2.45, 2.75) is 13.0 Å². The van der Waals surface area contributed by atoms with Gasteiger partial charge in [-0.25, -0.2) is 18.0 Å². The molecule has 7 nitrogen and oxygen atoms in total. The van der Waals surface area contributed by atoms with Crippen LogP contribution in [-0.2, 0) is 0 Å². The largest absolute Gasteiger partial charge is 0.497 e. The van der Waals surface area contributed by atoms with E-state index < -0.39 is 29.5 Å². The van der Waals surface area contributed by atoms with E-state index in [-0.39, 0.29) is 23.1 Å². The van der Waals surface area contributed by atoms with Crippen LogP contribution >= 0.6 is 0 Å². The Morgan fingerprint density at radius 2 is 1.72 bits per heavy atom. The first kappa shape index (κ1) is 23.2. The van der Waals surface area contributed by atoms with Crippen LogP contribution in [0.3, 0.4) is 0 Å². The van der Waals surface area contributed by atoms with E-state index in [1.54, 1.807) is 37.3 Å². The second kappa shape index (κ2) is 9.21. The summed E-state index contributed by atoms with van der Waals surface area (Å²) < 4.78 is 52.9. The minimum atomic E-state index is -0.874. The molecule has 0 bridgehead atoms. The zero-order chi connectivity index (χ0) is 25.4. The number of allylic oxidation sites excluding steroid dienone is 1. The summed E-state index contributed by atoms with van der Waals surface area (Å²) in [7, 11) is 1.53. The van der Waals surface area contributed by atoms with Crippen LogP contribution in [-0.4, -0.2) is 23.3 Å². The minimum Gasteiger partial charge on any atom is -0.497 e. The molecule has 0 spiro atoms. The van der Waals surface area contributed by atoms with Crippen molar-refractivity contribution in [2.75, 3.05) is 12.0 Å². The Kier molecular flexibility index (Phi) is 5.93. The maximum atomic E-state index is 14.1. The molecular weight excluding hydrogens is 473 g/mol. The number of ether oxygens (including phenoxy) is 1. The van der Waals surface area contributed by atoms with E-state index in [4.69, 9.17) is 9.26 Å². The first-order valence-electron chi connectivity index (χ1n) is 10.9. The number of hydrogen-bond donors (Lipinski definition) is 1. The van der Waals surface area contributed by atoms with Gasteiger partial charge in [-0.05, 0) is 48.9 Å². The summed E-state index contributed by atoms with van der Waals surface area (Å²) in [6.07, 6.45) is 0. The average Bonchev–Trinajstić information content (AvgIpc) is 3.33. The molecule has 1 atom stereocenters. The molecule has 3 aromatic carbocycles. The monoisotopic (exact) mass is 492 g/mol. The third-order valence-corrected chi connectivity index (χ3v) is 5.76. The van der Waals surface area contributed by atoms with Gasteiger partial charge in [-0.3, -0.25) is 4.90 Å². The summed E-state index contributed by atoms with van der Waals surface area (Å²) in [5.74, 6) is -1.31. The molecule has 0 saturated carbocycles. The molecule has 0 aliphatic carbocycles. The number of rotatable bonds is 5. The van der Waals surface area contributed by atoms with E-state index in [1.807, 2.05) is 0 Å². The highest BCUT2D eigenvalue weighted by Gasteiger charge is 2.37. The molecule has 0 saturated heterocycles. The van der Waals surface area contributed by atoms with Crippen molar-refractivity contribution in [3.63, 3.8) is 0 Å². The average molecular weight is 492 g/mol. The Morgan fingerprint density at radius 1 is 0.972 bits per heavy atom. The number of nitrogens with one attached hydrogen (secondary N) is 1. The number of aromatic nitrogens is 2. The van der Waals surface area contributed by atoms with E-state index in [9.17, 15) is 18.0 Å². The first-order chi connectivity index (χ1) is 17.3. The van der Waals surface area contributed by atoms with Crippen LogP contribution in [0.15, 0.2) is 77.0 Å². The van der Waals surface area contributed by atoms with E-state index in [0.717, 1.165) is 17.0 Å². The van der Waals surface area contributed by atoms with E-state index in [2.05, 4.69) is 15.5 Å². The summed E-state index contributed by atoms with van der Waals surface area (Å²) in [5, 5.41) is 6.82. The summed E-state index contributed by atoms with van der Waals surface area (Å²) >= 11 is 0. The number of amides is 2. The lowest BCUT2D eigenvalue weighted by Crippen LogP contribution is -2.46. The number of urea groups is 1. The Bertz CT molecular complexity index is 1480. The van der Waals surface area contributed by atoms with Crippen LogP contribution < -0.4 is 15.0 Å². The molecule has 1 aromatic heterocycles. The van der Waals surface area contributed by atoms with Gasteiger partial charge in [0.05, 0.1) is 24.4 Å². The van der Waals surface area contributed by atoms with Crippen molar-refractivity contribution in [3.05, 3.63) is 101 Å². The molecule has 2 amide bonds. The molecule has 4 aromatic rings. The smallest absolute Gasteiger partial charge is 0.327 e. The van der Waals surface area contributed by atoms with Gasteiger partial charge < -0.3 is 14.6 Å². The number of nitrogens with zero attached hydrogens (tertiary/aromatic N) is 3. The van der Waals surface area contributed by atoms with Crippen molar-refractivity contribution < 1.29 is 27.2 Å². The second-order valence-corrected chi connectivity index (χ2v) is 8.05. The Morgan fingerprint density at radius 3 is 2.44 bits per heavy atom. The maximum absolute atomic E-state index is 14.1. The SMILES string of the molecule is COc1cccc(-c2noc(C3=C(C)N(c4cc(F)cc(F)c4)C(=O)NC3c3cccc(F)c3)n2)c1. The number of methoxy groups -OCH3 is 1. The van der Waals surface area contributed by atoms with Crippen molar-refractivity contribution in [3.8, 4) is 17.1 Å². The van der Waals surface area contributed by atoms with Crippen molar-refractivity contribution in [1.29, 1.82) is 0 Å². The topological polar surface area (TPSA) is 80.5 Å². The predicted molar refractivity (Wildman–Crippen MR) is 125 cm³/mol. The Labute approximate surface area is 203 Å². The van der Waals surface area contributed by atoms with Gasteiger partial charge in [0.1, 0.15) is 23.2 Å². The molecule has 0 fully saturated rings. The van der Waals surface area contributed by atoms with Crippen LogP contribution in [0.1, 0.15) is 24.4 Å². The fourth-order valence-corrected chi connectivity index (χ4v) is 4.15. The standard InChI is InChI=1S/C26H19F3N4O3/c1-14-22(25-31-24(32-36-25)16-6-4-8-21(10-16)35-2)23(15-5-3-7-17(27)9-15)30-26(34)33(14)20-12-18(28)11-19(29)13-20/h3-13,23H,1-2H3,(H,30,34). The number of hydrogen-bond acceptors (Lipinski definition) is 5. The lowest BCUT2D eigenvalue weighted by molar-refractivity contribution is 0.244. The number of anilines is 1. The number of benzene rings is 3. The highest BCUT2D eigenvalue weighted by Crippen LogP contribution is 2.39. The van der Waals surface area contributed by atoms with Gasteiger partial charge in [-0.1, -0.05) is 29.4 Å². The highest BCUT2D eigenvalue weighted by molar-refractivity contribution is 6.01. The normalized spacial score (nSPS) is 15.8. The lowest BCUT2D eigenvalue weighted by atomic mass is 9.94. The zero-order valence-corrected chi connectivity index (χ0v) is 19.1. The number of carbonyl (C=O) groups excluding carboxylic acids is 1. The Hall–Kier alpha value is -4.60. The van der Waals surface area contributed by atoms with Crippen molar-refractivity contribution in [1.82, 2.24) is 15.5 Å². The van der Waals surface area contributed by atoms with Gasteiger partial charge in [0.2, 0.25) is 5.82 Å². The molecule has 2 heterocycles. The molecule has 10 heteroatoms. The number of carbonyl (C=O) groups is 1. The summed E-state index contributed by atoms with van der Waals surface area (Å²) in [6, 6.07) is 14.0. The van der Waals surface area contributed by atoms with Gasteiger partial charge in [0.25, 0.3) is 5.89 Å². The fraction of sp³-hybridized carbons (Fsp3) is 0.115. The molecule has 36 heavy (non-hydrogen) atoms. The van der Waals surface area contributed by atoms with Gasteiger partial charge in [-0.15, -0.1) is 0 Å². The molecule has 1 aliphatic heterocycles. The third kappa shape index (κ3) is 4.28. The van der Waals surface area contributed by atoms with Crippen LogP contribution in [0, 0.1) is 17.5 Å².